The number of para-hydroxylation sites is 1. The van der Waals surface area contributed by atoms with Crippen molar-refractivity contribution in [3.63, 3.8) is 0 Å². The van der Waals surface area contributed by atoms with E-state index in [1.807, 2.05) is 54.6 Å². The predicted octanol–water partition coefficient (Wildman–Crippen LogP) is 5.41. The SMILES string of the molecule is O=C(Cc1cc(-c2ccc(F)cc2)on1)Nc1ccc(Nc2ccccc2)cc1. The molecule has 29 heavy (non-hydrogen) atoms. The molecule has 0 aliphatic carbocycles. The van der Waals surface area contributed by atoms with E-state index in [1.165, 1.54) is 12.1 Å². The number of benzene rings is 3. The van der Waals surface area contributed by atoms with Gasteiger partial charge in [-0.1, -0.05) is 23.4 Å². The topological polar surface area (TPSA) is 67.2 Å². The van der Waals surface area contributed by atoms with Crippen molar-refractivity contribution in [2.75, 3.05) is 10.6 Å². The lowest BCUT2D eigenvalue weighted by Gasteiger charge is -2.08. The fraction of sp³-hybridized carbons (Fsp3) is 0.0435. The number of amides is 1. The van der Waals surface area contributed by atoms with Gasteiger partial charge in [0.1, 0.15) is 5.82 Å². The average molecular weight is 387 g/mol. The van der Waals surface area contributed by atoms with Crippen LogP contribution < -0.4 is 10.6 Å². The minimum atomic E-state index is -0.321. The summed E-state index contributed by atoms with van der Waals surface area (Å²) in [5.41, 5.74) is 3.81. The molecule has 1 heterocycles. The van der Waals surface area contributed by atoms with Crippen LogP contribution in [0, 0.1) is 5.82 Å². The molecule has 1 amide bonds. The summed E-state index contributed by atoms with van der Waals surface area (Å²) in [7, 11) is 0. The summed E-state index contributed by atoms with van der Waals surface area (Å²) in [6.45, 7) is 0. The molecule has 0 aliphatic heterocycles. The molecule has 0 radical (unpaired) electrons. The maximum atomic E-state index is 13.0. The molecule has 5 nitrogen and oxygen atoms in total. The van der Waals surface area contributed by atoms with E-state index in [0.29, 0.717) is 22.7 Å². The fourth-order valence-electron chi connectivity index (χ4n) is 2.84. The molecule has 3 aromatic carbocycles. The van der Waals surface area contributed by atoms with E-state index >= 15 is 0 Å². The lowest BCUT2D eigenvalue weighted by molar-refractivity contribution is -0.115. The van der Waals surface area contributed by atoms with E-state index in [4.69, 9.17) is 4.52 Å². The Bertz CT molecular complexity index is 1090. The summed E-state index contributed by atoms with van der Waals surface area (Å²) in [4.78, 5) is 12.3. The van der Waals surface area contributed by atoms with Crippen LogP contribution in [0.25, 0.3) is 11.3 Å². The molecular formula is C23H18FN3O2. The molecule has 0 unspecified atom stereocenters. The van der Waals surface area contributed by atoms with Crippen LogP contribution in [0.4, 0.5) is 21.5 Å². The number of carbonyl (C=O) groups excluding carboxylic acids is 1. The number of nitrogens with one attached hydrogen (secondary N) is 2. The van der Waals surface area contributed by atoms with Gasteiger partial charge in [0.2, 0.25) is 5.91 Å². The molecule has 144 valence electrons. The molecule has 0 saturated carbocycles. The van der Waals surface area contributed by atoms with Crippen molar-refractivity contribution in [1.82, 2.24) is 5.16 Å². The van der Waals surface area contributed by atoms with Crippen LogP contribution >= 0.6 is 0 Å². The van der Waals surface area contributed by atoms with Crippen LogP contribution in [0.15, 0.2) is 89.5 Å². The molecule has 0 atom stereocenters. The molecule has 4 aromatic rings. The maximum Gasteiger partial charge on any atom is 0.230 e. The van der Waals surface area contributed by atoms with Gasteiger partial charge in [-0.05, 0) is 60.7 Å². The fourth-order valence-corrected chi connectivity index (χ4v) is 2.84. The Hall–Kier alpha value is -3.93. The second kappa shape index (κ2) is 8.39. The van der Waals surface area contributed by atoms with Crippen molar-refractivity contribution in [1.29, 1.82) is 0 Å². The molecule has 2 N–H and O–H groups in total. The molecule has 0 fully saturated rings. The van der Waals surface area contributed by atoms with Crippen molar-refractivity contribution in [3.05, 3.63) is 96.4 Å². The monoisotopic (exact) mass is 387 g/mol. The summed E-state index contributed by atoms with van der Waals surface area (Å²) in [6, 6.07) is 24.9. The van der Waals surface area contributed by atoms with Crippen LogP contribution in [0.3, 0.4) is 0 Å². The summed E-state index contributed by atoms with van der Waals surface area (Å²) in [5, 5.41) is 10.0. The minimum Gasteiger partial charge on any atom is -0.356 e. The van der Waals surface area contributed by atoms with Gasteiger partial charge < -0.3 is 15.2 Å². The molecule has 0 spiro atoms. The van der Waals surface area contributed by atoms with Gasteiger partial charge in [0, 0.05) is 28.7 Å². The third kappa shape index (κ3) is 4.87. The zero-order valence-corrected chi connectivity index (χ0v) is 15.4. The van der Waals surface area contributed by atoms with Crippen molar-refractivity contribution < 1.29 is 13.7 Å². The van der Waals surface area contributed by atoms with Gasteiger partial charge in [0.25, 0.3) is 0 Å². The maximum absolute atomic E-state index is 13.0. The summed E-state index contributed by atoms with van der Waals surface area (Å²) in [5.74, 6) is -0.0327. The summed E-state index contributed by atoms with van der Waals surface area (Å²) < 4.78 is 18.3. The third-order valence-corrected chi connectivity index (χ3v) is 4.26. The first-order valence-corrected chi connectivity index (χ1v) is 9.09. The summed E-state index contributed by atoms with van der Waals surface area (Å²) >= 11 is 0. The van der Waals surface area contributed by atoms with Crippen LogP contribution in [0.1, 0.15) is 5.69 Å². The first-order valence-electron chi connectivity index (χ1n) is 9.09. The van der Waals surface area contributed by atoms with Gasteiger partial charge in [0.15, 0.2) is 5.76 Å². The number of aromatic nitrogens is 1. The van der Waals surface area contributed by atoms with Gasteiger partial charge in [-0.25, -0.2) is 4.39 Å². The summed E-state index contributed by atoms with van der Waals surface area (Å²) in [6.07, 6.45) is 0.0781. The number of nitrogens with zero attached hydrogens (tertiary/aromatic N) is 1. The Kier molecular flexibility index (Phi) is 5.33. The Morgan fingerprint density at radius 3 is 2.24 bits per heavy atom. The number of hydrogen-bond acceptors (Lipinski definition) is 4. The Morgan fingerprint density at radius 2 is 1.52 bits per heavy atom. The second-order valence-electron chi connectivity index (χ2n) is 6.48. The highest BCUT2D eigenvalue weighted by Gasteiger charge is 2.11. The highest BCUT2D eigenvalue weighted by atomic mass is 19.1. The van der Waals surface area contributed by atoms with Crippen LogP contribution in [0.2, 0.25) is 0 Å². The smallest absolute Gasteiger partial charge is 0.230 e. The van der Waals surface area contributed by atoms with Crippen molar-refractivity contribution in [2.45, 2.75) is 6.42 Å². The van der Waals surface area contributed by atoms with Gasteiger partial charge in [0.05, 0.1) is 12.1 Å². The van der Waals surface area contributed by atoms with E-state index < -0.39 is 0 Å². The standard InChI is InChI=1S/C23H18FN3O2/c24-17-8-6-16(7-9-17)22-14-21(27-29-22)15-23(28)26-20-12-10-19(11-13-20)25-18-4-2-1-3-5-18/h1-14,25H,15H2,(H,26,28). The van der Waals surface area contributed by atoms with E-state index in [1.54, 1.807) is 18.2 Å². The van der Waals surface area contributed by atoms with Gasteiger partial charge in [-0.2, -0.15) is 0 Å². The normalized spacial score (nSPS) is 10.5. The Balaban J connectivity index is 1.34. The van der Waals surface area contributed by atoms with Crippen LogP contribution in [0.5, 0.6) is 0 Å². The highest BCUT2D eigenvalue weighted by molar-refractivity contribution is 5.92. The number of anilines is 3. The zero-order chi connectivity index (χ0) is 20.1. The molecule has 0 bridgehead atoms. The van der Waals surface area contributed by atoms with Crippen LogP contribution in [-0.4, -0.2) is 11.1 Å². The Labute approximate surface area is 167 Å². The number of carbonyl (C=O) groups is 1. The van der Waals surface area contributed by atoms with E-state index in [-0.39, 0.29) is 18.1 Å². The van der Waals surface area contributed by atoms with E-state index in [0.717, 1.165) is 11.4 Å². The Morgan fingerprint density at radius 1 is 0.862 bits per heavy atom. The van der Waals surface area contributed by atoms with E-state index in [9.17, 15) is 9.18 Å². The van der Waals surface area contributed by atoms with Crippen molar-refractivity contribution in [2.24, 2.45) is 0 Å². The minimum absolute atomic E-state index is 0.0781. The molecule has 0 saturated heterocycles. The molecule has 6 heteroatoms. The molecule has 0 aliphatic rings. The number of halogens is 1. The van der Waals surface area contributed by atoms with E-state index in [2.05, 4.69) is 15.8 Å². The van der Waals surface area contributed by atoms with Gasteiger partial charge >= 0.3 is 0 Å². The highest BCUT2D eigenvalue weighted by Crippen LogP contribution is 2.22. The number of hydrogen-bond donors (Lipinski definition) is 2. The molecular weight excluding hydrogens is 369 g/mol. The first-order chi connectivity index (χ1) is 14.2. The predicted molar refractivity (Wildman–Crippen MR) is 110 cm³/mol. The third-order valence-electron chi connectivity index (χ3n) is 4.26. The first kappa shape index (κ1) is 18.4. The van der Waals surface area contributed by atoms with Crippen LogP contribution in [-0.2, 0) is 11.2 Å². The lowest BCUT2D eigenvalue weighted by Crippen LogP contribution is -2.14. The zero-order valence-electron chi connectivity index (χ0n) is 15.4. The van der Waals surface area contributed by atoms with Gasteiger partial charge in [-0.15, -0.1) is 0 Å². The number of rotatable bonds is 6. The molecule has 4 rings (SSSR count). The second-order valence-corrected chi connectivity index (χ2v) is 6.48. The van der Waals surface area contributed by atoms with Crippen molar-refractivity contribution >= 4 is 23.0 Å². The van der Waals surface area contributed by atoms with Crippen molar-refractivity contribution in [3.8, 4) is 11.3 Å². The molecule has 1 aromatic heterocycles. The largest absolute Gasteiger partial charge is 0.356 e. The van der Waals surface area contributed by atoms with Gasteiger partial charge in [-0.3, -0.25) is 4.79 Å². The average Bonchev–Trinajstić information content (AvgIpc) is 3.19. The quantitative estimate of drug-likeness (QED) is 0.464. The lowest BCUT2D eigenvalue weighted by atomic mass is 10.1.